The number of amides is 1. The van der Waals surface area contributed by atoms with E-state index in [0.29, 0.717) is 13.0 Å². The molecule has 0 heterocycles. The largest absolute Gasteiger partial charge is 0.341 e. The van der Waals surface area contributed by atoms with E-state index in [1.54, 1.807) is 4.90 Å². The maximum Gasteiger partial charge on any atom is 0.223 e. The fourth-order valence-electron chi connectivity index (χ4n) is 1.37. The Balaban J connectivity index is 0.00000225. The molecule has 1 aromatic rings. The van der Waals surface area contributed by atoms with Gasteiger partial charge in [0.15, 0.2) is 0 Å². The van der Waals surface area contributed by atoms with Crippen LogP contribution in [0.4, 0.5) is 0 Å². The summed E-state index contributed by atoms with van der Waals surface area (Å²) in [5.74, 6) is 0.174. The molecule has 0 spiro atoms. The quantitative estimate of drug-likeness (QED) is 0.852. The third kappa shape index (κ3) is 5.14. The molecular weight excluding hydrogens is 224 g/mol. The van der Waals surface area contributed by atoms with E-state index in [0.717, 1.165) is 12.1 Å². The van der Waals surface area contributed by atoms with Crippen molar-refractivity contribution in [1.82, 2.24) is 10.2 Å². The molecule has 0 fully saturated rings. The van der Waals surface area contributed by atoms with Gasteiger partial charge in [-0.15, -0.1) is 12.4 Å². The second kappa shape index (κ2) is 8.13. The highest BCUT2D eigenvalue weighted by molar-refractivity contribution is 5.85. The van der Waals surface area contributed by atoms with Gasteiger partial charge in [-0.3, -0.25) is 4.79 Å². The molecule has 0 unspecified atom stereocenters. The molecule has 0 saturated heterocycles. The molecule has 16 heavy (non-hydrogen) atoms. The molecule has 0 aliphatic rings. The number of hydrogen-bond acceptors (Lipinski definition) is 2. The van der Waals surface area contributed by atoms with Crippen molar-refractivity contribution in [1.29, 1.82) is 0 Å². The summed E-state index contributed by atoms with van der Waals surface area (Å²) < 4.78 is 0. The molecule has 1 N–H and O–H groups in total. The summed E-state index contributed by atoms with van der Waals surface area (Å²) in [7, 11) is 3.69. The molecule has 3 nitrogen and oxygen atoms in total. The van der Waals surface area contributed by atoms with Gasteiger partial charge >= 0.3 is 0 Å². The van der Waals surface area contributed by atoms with E-state index in [4.69, 9.17) is 0 Å². The number of carbonyl (C=O) groups excluding carboxylic acids is 1. The Labute approximate surface area is 103 Å². The lowest BCUT2D eigenvalue weighted by molar-refractivity contribution is -0.130. The van der Waals surface area contributed by atoms with Crippen molar-refractivity contribution in [3.63, 3.8) is 0 Å². The summed E-state index contributed by atoms with van der Waals surface area (Å²) >= 11 is 0. The minimum atomic E-state index is 0. The van der Waals surface area contributed by atoms with E-state index >= 15 is 0 Å². The summed E-state index contributed by atoms with van der Waals surface area (Å²) in [6.45, 7) is 1.42. The monoisotopic (exact) mass is 242 g/mol. The van der Waals surface area contributed by atoms with Crippen molar-refractivity contribution < 1.29 is 4.79 Å². The van der Waals surface area contributed by atoms with Crippen LogP contribution in [0.1, 0.15) is 12.0 Å². The maximum absolute atomic E-state index is 11.6. The van der Waals surface area contributed by atoms with Crippen LogP contribution in [0.25, 0.3) is 0 Å². The highest BCUT2D eigenvalue weighted by atomic mass is 35.5. The minimum absolute atomic E-state index is 0. The molecule has 0 atom stereocenters. The van der Waals surface area contributed by atoms with Crippen LogP contribution in [0.5, 0.6) is 0 Å². The van der Waals surface area contributed by atoms with Crippen LogP contribution in [0.2, 0.25) is 0 Å². The van der Waals surface area contributed by atoms with E-state index in [1.807, 2.05) is 44.4 Å². The summed E-state index contributed by atoms with van der Waals surface area (Å²) in [5.41, 5.74) is 1.16. The van der Waals surface area contributed by atoms with Crippen LogP contribution >= 0.6 is 12.4 Å². The zero-order valence-electron chi connectivity index (χ0n) is 9.77. The second-order valence-electron chi connectivity index (χ2n) is 3.59. The van der Waals surface area contributed by atoms with Gasteiger partial charge in [0.1, 0.15) is 0 Å². The summed E-state index contributed by atoms with van der Waals surface area (Å²) in [5, 5.41) is 2.97. The van der Waals surface area contributed by atoms with Crippen LogP contribution in [0, 0.1) is 0 Å². The van der Waals surface area contributed by atoms with Gasteiger partial charge in [0, 0.05) is 26.6 Å². The number of halogens is 1. The average Bonchev–Trinajstić information content (AvgIpc) is 2.27. The van der Waals surface area contributed by atoms with Gasteiger partial charge in [0.05, 0.1) is 0 Å². The van der Waals surface area contributed by atoms with Crippen LogP contribution in [0.15, 0.2) is 30.3 Å². The summed E-state index contributed by atoms with van der Waals surface area (Å²) in [4.78, 5) is 13.3. The zero-order valence-corrected chi connectivity index (χ0v) is 10.6. The van der Waals surface area contributed by atoms with E-state index in [1.165, 1.54) is 0 Å². The fourth-order valence-corrected chi connectivity index (χ4v) is 1.37. The molecular formula is C12H19ClN2O. The Bertz CT molecular complexity index is 303. The number of nitrogens with one attached hydrogen (secondary N) is 1. The first-order valence-electron chi connectivity index (χ1n) is 5.16. The normalized spacial score (nSPS) is 9.38. The highest BCUT2D eigenvalue weighted by Crippen LogP contribution is 2.03. The Kier molecular flexibility index (Phi) is 7.60. The predicted molar refractivity (Wildman–Crippen MR) is 68.7 cm³/mol. The predicted octanol–water partition coefficient (Wildman–Crippen LogP) is 1.68. The number of carbonyl (C=O) groups is 1. The third-order valence-electron chi connectivity index (χ3n) is 2.28. The van der Waals surface area contributed by atoms with E-state index in [9.17, 15) is 4.79 Å². The molecule has 1 amide bonds. The molecule has 0 aromatic heterocycles. The molecule has 0 aliphatic carbocycles. The Morgan fingerprint density at radius 3 is 2.50 bits per heavy atom. The van der Waals surface area contributed by atoms with E-state index in [2.05, 4.69) is 5.32 Å². The number of benzene rings is 1. The van der Waals surface area contributed by atoms with Crippen molar-refractivity contribution in [3.8, 4) is 0 Å². The topological polar surface area (TPSA) is 32.3 Å². The first kappa shape index (κ1) is 14.9. The Morgan fingerprint density at radius 2 is 1.94 bits per heavy atom. The highest BCUT2D eigenvalue weighted by Gasteiger charge is 2.07. The number of rotatable bonds is 5. The van der Waals surface area contributed by atoms with Gasteiger partial charge in [-0.05, 0) is 12.6 Å². The molecule has 4 heteroatoms. The Morgan fingerprint density at radius 1 is 1.31 bits per heavy atom. The molecule has 0 bridgehead atoms. The number of nitrogens with zero attached hydrogens (tertiary/aromatic N) is 1. The lowest BCUT2D eigenvalue weighted by Gasteiger charge is -2.17. The van der Waals surface area contributed by atoms with Crippen LogP contribution in [0.3, 0.4) is 0 Å². The summed E-state index contributed by atoms with van der Waals surface area (Å²) in [6.07, 6.45) is 0.555. The first-order valence-corrected chi connectivity index (χ1v) is 5.16. The Hall–Kier alpha value is -1.06. The van der Waals surface area contributed by atoms with E-state index in [-0.39, 0.29) is 18.3 Å². The third-order valence-corrected chi connectivity index (χ3v) is 2.28. The first-order chi connectivity index (χ1) is 7.24. The smallest absolute Gasteiger partial charge is 0.223 e. The van der Waals surface area contributed by atoms with Gasteiger partial charge in [0.2, 0.25) is 5.91 Å². The molecule has 1 aromatic carbocycles. The van der Waals surface area contributed by atoms with Crippen molar-refractivity contribution in [2.24, 2.45) is 0 Å². The van der Waals surface area contributed by atoms with Gasteiger partial charge in [-0.25, -0.2) is 0 Å². The minimum Gasteiger partial charge on any atom is -0.341 e. The van der Waals surface area contributed by atoms with Gasteiger partial charge in [0.25, 0.3) is 0 Å². The average molecular weight is 243 g/mol. The molecule has 0 radical (unpaired) electrons. The van der Waals surface area contributed by atoms with Crippen molar-refractivity contribution in [2.75, 3.05) is 20.6 Å². The molecule has 1 rings (SSSR count). The zero-order chi connectivity index (χ0) is 11.1. The van der Waals surface area contributed by atoms with Gasteiger partial charge in [-0.2, -0.15) is 0 Å². The van der Waals surface area contributed by atoms with Crippen LogP contribution in [-0.2, 0) is 11.3 Å². The van der Waals surface area contributed by atoms with Gasteiger partial charge < -0.3 is 10.2 Å². The van der Waals surface area contributed by atoms with Crippen molar-refractivity contribution in [3.05, 3.63) is 35.9 Å². The maximum atomic E-state index is 11.6. The van der Waals surface area contributed by atoms with E-state index < -0.39 is 0 Å². The SMILES string of the molecule is CNCCC(=O)N(C)Cc1ccccc1.Cl. The number of hydrogen-bond donors (Lipinski definition) is 1. The standard InChI is InChI=1S/C12H18N2O.ClH/c1-13-9-8-12(15)14(2)10-11-6-4-3-5-7-11;/h3-7,13H,8-10H2,1-2H3;1H. The molecule has 90 valence electrons. The summed E-state index contributed by atoms with van der Waals surface area (Å²) in [6, 6.07) is 10.0. The van der Waals surface area contributed by atoms with Gasteiger partial charge in [-0.1, -0.05) is 30.3 Å². The van der Waals surface area contributed by atoms with Crippen LogP contribution in [-0.4, -0.2) is 31.4 Å². The van der Waals surface area contributed by atoms with Crippen molar-refractivity contribution in [2.45, 2.75) is 13.0 Å². The molecule has 0 aliphatic heterocycles. The van der Waals surface area contributed by atoms with Crippen molar-refractivity contribution >= 4 is 18.3 Å². The van der Waals surface area contributed by atoms with Crippen LogP contribution < -0.4 is 5.32 Å². The molecule has 0 saturated carbocycles. The fraction of sp³-hybridized carbons (Fsp3) is 0.417. The second-order valence-corrected chi connectivity index (χ2v) is 3.59. The lowest BCUT2D eigenvalue weighted by atomic mass is 10.2. The lowest BCUT2D eigenvalue weighted by Crippen LogP contribution is -2.28.